The van der Waals surface area contributed by atoms with Crippen molar-refractivity contribution in [2.24, 2.45) is 4.99 Å². The van der Waals surface area contributed by atoms with Gasteiger partial charge in [0, 0.05) is 41.4 Å². The van der Waals surface area contributed by atoms with Gasteiger partial charge in [0.1, 0.15) is 0 Å². The third-order valence-corrected chi connectivity index (χ3v) is 5.54. The molecule has 0 amide bonds. The van der Waals surface area contributed by atoms with Crippen LogP contribution in [0, 0.1) is 10.1 Å². The van der Waals surface area contributed by atoms with E-state index in [4.69, 9.17) is 9.73 Å². The summed E-state index contributed by atoms with van der Waals surface area (Å²) in [6.45, 7) is 2.02. The van der Waals surface area contributed by atoms with Crippen molar-refractivity contribution in [1.82, 2.24) is 4.98 Å². The third-order valence-electron chi connectivity index (χ3n) is 5.54. The zero-order valence-electron chi connectivity index (χ0n) is 19.8. The molecular weight excluding hydrogens is 454 g/mol. The molecule has 0 fully saturated rings. The van der Waals surface area contributed by atoms with E-state index in [1.54, 1.807) is 31.3 Å². The van der Waals surface area contributed by atoms with Crippen LogP contribution in [0.3, 0.4) is 0 Å². The average Bonchev–Trinajstić information content (AvgIpc) is 2.92. The highest BCUT2D eigenvalue weighted by Crippen LogP contribution is 2.23. The van der Waals surface area contributed by atoms with E-state index in [1.165, 1.54) is 12.1 Å². The quantitative estimate of drug-likeness (QED) is 0.133. The van der Waals surface area contributed by atoms with E-state index >= 15 is 0 Å². The van der Waals surface area contributed by atoms with Gasteiger partial charge in [-0.25, -0.2) is 4.79 Å². The van der Waals surface area contributed by atoms with Gasteiger partial charge in [-0.15, -0.1) is 0 Å². The van der Waals surface area contributed by atoms with Gasteiger partial charge in [-0.3, -0.25) is 20.1 Å². The lowest BCUT2D eigenvalue weighted by atomic mass is 10.0. The molecule has 3 aromatic carbocycles. The summed E-state index contributed by atoms with van der Waals surface area (Å²) in [5, 5.41) is 11.1. The molecule has 0 radical (unpaired) electrons. The summed E-state index contributed by atoms with van der Waals surface area (Å²) < 4.78 is 5.35. The topological polar surface area (TPSA) is 94.7 Å². The molecule has 0 spiro atoms. The summed E-state index contributed by atoms with van der Waals surface area (Å²) in [6, 6.07) is 28.6. The Hall–Kier alpha value is -4.65. The minimum atomic E-state index is -0.772. The number of carbonyl (C=O) groups excluding carboxylic acids is 1. The van der Waals surface area contributed by atoms with E-state index < -0.39 is 16.9 Å². The van der Waals surface area contributed by atoms with Crippen LogP contribution in [-0.4, -0.2) is 34.2 Å². The molecule has 1 atom stereocenters. The number of nitrogens with zero attached hydrogens (tertiary/aromatic N) is 3. The van der Waals surface area contributed by atoms with Crippen LogP contribution in [0.5, 0.6) is 0 Å². The smallest absolute Gasteiger partial charge is 0.331 e. The second kappa shape index (κ2) is 11.7. The predicted molar refractivity (Wildman–Crippen MR) is 139 cm³/mol. The molecule has 0 aliphatic heterocycles. The monoisotopic (exact) mass is 479 g/mol. The molecule has 7 heteroatoms. The van der Waals surface area contributed by atoms with E-state index in [-0.39, 0.29) is 12.3 Å². The second-order valence-corrected chi connectivity index (χ2v) is 8.04. The summed E-state index contributed by atoms with van der Waals surface area (Å²) in [5.74, 6) is -0.412. The van der Waals surface area contributed by atoms with Crippen LogP contribution in [0.2, 0.25) is 0 Å². The van der Waals surface area contributed by atoms with E-state index in [2.05, 4.69) is 4.98 Å². The Morgan fingerprint density at radius 3 is 2.17 bits per heavy atom. The Balaban J connectivity index is 1.66. The number of hydrogen-bond acceptors (Lipinski definition) is 6. The maximum atomic E-state index is 12.9. The summed E-state index contributed by atoms with van der Waals surface area (Å²) in [4.78, 5) is 32.9. The Morgan fingerprint density at radius 2 is 1.61 bits per heavy atom. The Labute approximate surface area is 209 Å². The average molecular weight is 480 g/mol. The maximum absolute atomic E-state index is 12.9. The van der Waals surface area contributed by atoms with Crippen LogP contribution in [0.15, 0.2) is 108 Å². The van der Waals surface area contributed by atoms with E-state index in [1.807, 2.05) is 66.7 Å². The van der Waals surface area contributed by atoms with Crippen molar-refractivity contribution in [3.8, 4) is 11.3 Å². The highest BCUT2D eigenvalue weighted by atomic mass is 16.6. The molecule has 4 aromatic rings. The zero-order chi connectivity index (χ0) is 25.3. The number of nitro groups is 1. The first kappa shape index (κ1) is 24.5. The molecular formula is C29H25N3O4. The number of pyridine rings is 1. The van der Waals surface area contributed by atoms with Crippen LogP contribution in [-0.2, 0) is 16.0 Å². The number of rotatable bonds is 9. The van der Waals surface area contributed by atoms with Crippen LogP contribution in [0.1, 0.15) is 23.6 Å². The fourth-order valence-electron chi connectivity index (χ4n) is 3.80. The lowest BCUT2D eigenvalue weighted by Crippen LogP contribution is -2.26. The molecule has 0 aliphatic carbocycles. The van der Waals surface area contributed by atoms with E-state index in [0.29, 0.717) is 23.4 Å². The van der Waals surface area contributed by atoms with Gasteiger partial charge in [0.15, 0.2) is 6.04 Å². The highest BCUT2D eigenvalue weighted by molar-refractivity contribution is 6.13. The van der Waals surface area contributed by atoms with Gasteiger partial charge >= 0.3 is 5.97 Å². The van der Waals surface area contributed by atoms with Crippen LogP contribution in [0.4, 0.5) is 5.69 Å². The Bertz CT molecular complexity index is 1310. The number of aliphatic imine (C=N–C) groups is 1. The molecule has 4 rings (SSSR count). The zero-order valence-corrected chi connectivity index (χ0v) is 19.8. The number of aromatic nitrogens is 1. The first-order valence-corrected chi connectivity index (χ1v) is 11.6. The SMILES string of the molecule is CCOC(=O)C(Cc1ccc(-c2cccc([N+](=O)[O-])c2)nc1)N=C(c1ccccc1)c1ccccc1. The van der Waals surface area contributed by atoms with Crippen molar-refractivity contribution in [1.29, 1.82) is 0 Å². The molecule has 0 bridgehead atoms. The highest BCUT2D eigenvalue weighted by Gasteiger charge is 2.22. The van der Waals surface area contributed by atoms with Crippen molar-refractivity contribution in [2.75, 3.05) is 6.61 Å². The fourth-order valence-corrected chi connectivity index (χ4v) is 3.80. The van der Waals surface area contributed by atoms with Crippen LogP contribution < -0.4 is 0 Å². The number of ether oxygens (including phenoxy) is 1. The molecule has 1 aromatic heterocycles. The van der Waals surface area contributed by atoms with Crippen molar-refractivity contribution in [2.45, 2.75) is 19.4 Å². The minimum absolute atomic E-state index is 0.00411. The molecule has 0 aliphatic rings. The summed E-state index contributed by atoms with van der Waals surface area (Å²) in [7, 11) is 0. The normalized spacial score (nSPS) is 11.4. The largest absolute Gasteiger partial charge is 0.464 e. The molecule has 0 saturated heterocycles. The standard InChI is InChI=1S/C29H25N3O4/c1-2-36-29(33)27(31-28(22-10-5-3-6-11-22)23-12-7-4-8-13-23)18-21-16-17-26(30-20-21)24-14-9-15-25(19-24)32(34)35/h3-17,19-20,27H,2,18H2,1H3. The number of hydrogen-bond donors (Lipinski definition) is 0. The van der Waals surface area contributed by atoms with E-state index in [0.717, 1.165) is 16.7 Å². The van der Waals surface area contributed by atoms with Gasteiger partial charge in [-0.05, 0) is 18.6 Å². The first-order chi connectivity index (χ1) is 17.5. The van der Waals surface area contributed by atoms with E-state index in [9.17, 15) is 14.9 Å². The number of nitro benzene ring substituents is 1. The molecule has 1 heterocycles. The molecule has 0 N–H and O–H groups in total. The summed E-state index contributed by atoms with van der Waals surface area (Å²) in [6.07, 6.45) is 1.96. The lowest BCUT2D eigenvalue weighted by molar-refractivity contribution is -0.384. The number of carbonyl (C=O) groups is 1. The van der Waals surface area contributed by atoms with Crippen molar-refractivity contribution in [3.63, 3.8) is 0 Å². The van der Waals surface area contributed by atoms with Gasteiger partial charge in [-0.2, -0.15) is 0 Å². The number of esters is 1. The van der Waals surface area contributed by atoms with Gasteiger partial charge in [-0.1, -0.05) is 78.9 Å². The molecule has 180 valence electrons. The van der Waals surface area contributed by atoms with Crippen molar-refractivity contribution < 1.29 is 14.5 Å². The van der Waals surface area contributed by atoms with Gasteiger partial charge in [0.2, 0.25) is 0 Å². The molecule has 7 nitrogen and oxygen atoms in total. The number of benzene rings is 3. The minimum Gasteiger partial charge on any atom is -0.464 e. The van der Waals surface area contributed by atoms with Crippen LogP contribution >= 0.6 is 0 Å². The molecule has 1 unspecified atom stereocenters. The second-order valence-electron chi connectivity index (χ2n) is 8.04. The molecule has 36 heavy (non-hydrogen) atoms. The summed E-state index contributed by atoms with van der Waals surface area (Å²) in [5.41, 5.74) is 4.56. The van der Waals surface area contributed by atoms with Crippen molar-refractivity contribution in [3.05, 3.63) is 130 Å². The van der Waals surface area contributed by atoms with Crippen molar-refractivity contribution >= 4 is 17.4 Å². The van der Waals surface area contributed by atoms with Crippen LogP contribution in [0.25, 0.3) is 11.3 Å². The van der Waals surface area contributed by atoms with Gasteiger partial charge in [0.25, 0.3) is 5.69 Å². The number of non-ortho nitro benzene ring substituents is 1. The maximum Gasteiger partial charge on any atom is 0.331 e. The third kappa shape index (κ3) is 6.07. The summed E-state index contributed by atoms with van der Waals surface area (Å²) >= 11 is 0. The van der Waals surface area contributed by atoms with Gasteiger partial charge < -0.3 is 4.74 Å². The van der Waals surface area contributed by atoms with Gasteiger partial charge in [0.05, 0.1) is 22.9 Å². The Morgan fingerprint density at radius 1 is 0.944 bits per heavy atom. The first-order valence-electron chi connectivity index (χ1n) is 11.6. The molecule has 0 saturated carbocycles. The lowest BCUT2D eigenvalue weighted by Gasteiger charge is -2.15. The predicted octanol–water partition coefficient (Wildman–Crippen LogP) is 5.67. The Kier molecular flexibility index (Phi) is 7.93. The fraction of sp³-hybridized carbons (Fsp3) is 0.138.